The Morgan fingerprint density at radius 3 is 2.62 bits per heavy atom. The first kappa shape index (κ1) is 19.0. The first-order chi connectivity index (χ1) is 13.9. The van der Waals surface area contributed by atoms with E-state index in [-0.39, 0.29) is 11.5 Å². The van der Waals surface area contributed by atoms with Gasteiger partial charge in [-0.05, 0) is 49.6 Å². The van der Waals surface area contributed by atoms with Gasteiger partial charge in [-0.2, -0.15) is 4.68 Å². The van der Waals surface area contributed by atoms with Gasteiger partial charge in [-0.3, -0.25) is 9.59 Å². The molecule has 0 fully saturated rings. The molecule has 4 aromatic rings. The minimum Gasteiger partial charge on any atom is -0.324 e. The highest BCUT2D eigenvalue weighted by Gasteiger charge is 2.21. The van der Waals surface area contributed by atoms with Gasteiger partial charge in [0.15, 0.2) is 4.83 Å². The highest BCUT2D eigenvalue weighted by molar-refractivity contribution is 7.21. The quantitative estimate of drug-likeness (QED) is 0.549. The van der Waals surface area contributed by atoms with E-state index >= 15 is 0 Å². The van der Waals surface area contributed by atoms with Gasteiger partial charge in [-0.15, -0.1) is 16.4 Å². The van der Waals surface area contributed by atoms with Gasteiger partial charge in [-0.25, -0.2) is 0 Å². The molecule has 6 nitrogen and oxygen atoms in total. The second-order valence-corrected chi connectivity index (χ2v) is 8.05. The molecule has 1 N–H and O–H groups in total. The van der Waals surface area contributed by atoms with Crippen LogP contribution in [0.1, 0.15) is 24.1 Å². The molecule has 29 heavy (non-hydrogen) atoms. The van der Waals surface area contributed by atoms with Crippen LogP contribution in [-0.4, -0.2) is 20.9 Å². The Morgan fingerprint density at radius 2 is 1.86 bits per heavy atom. The van der Waals surface area contributed by atoms with Gasteiger partial charge >= 0.3 is 0 Å². The average Bonchev–Trinajstić information content (AvgIpc) is 3.16. The van der Waals surface area contributed by atoms with Crippen LogP contribution in [0.3, 0.4) is 0 Å². The number of nitrogens with one attached hydrogen (secondary N) is 1. The topological polar surface area (TPSA) is 76.9 Å². The Hall–Kier alpha value is -3.32. The molecule has 0 radical (unpaired) electrons. The van der Waals surface area contributed by atoms with Gasteiger partial charge in [-0.1, -0.05) is 47.7 Å². The van der Waals surface area contributed by atoms with Gasteiger partial charge < -0.3 is 5.32 Å². The lowest BCUT2D eigenvalue weighted by Crippen LogP contribution is -2.34. The van der Waals surface area contributed by atoms with E-state index in [1.165, 1.54) is 11.3 Å². The Morgan fingerprint density at radius 1 is 1.10 bits per heavy atom. The number of hydrogen-bond acceptors (Lipinski definition) is 5. The molecule has 0 saturated carbocycles. The van der Waals surface area contributed by atoms with E-state index in [1.54, 1.807) is 6.92 Å². The Kier molecular flexibility index (Phi) is 4.98. The zero-order valence-electron chi connectivity index (χ0n) is 16.3. The van der Waals surface area contributed by atoms with E-state index in [9.17, 15) is 9.59 Å². The van der Waals surface area contributed by atoms with Crippen molar-refractivity contribution < 1.29 is 4.79 Å². The molecular formula is C22H20N4O2S. The summed E-state index contributed by atoms with van der Waals surface area (Å²) >= 11 is 1.41. The van der Waals surface area contributed by atoms with Crippen LogP contribution in [0.15, 0.2) is 59.4 Å². The van der Waals surface area contributed by atoms with E-state index in [4.69, 9.17) is 0 Å². The summed E-state index contributed by atoms with van der Waals surface area (Å²) < 4.78 is 1.14. The standard InChI is InChI=1S/C22H20N4O2S/c1-13-9-10-14(2)18(11-13)23-20(27)15(3)26-22(28)17-12-19(29-21(17)24-25-26)16-7-5-4-6-8-16/h4-12,15H,1-3H3,(H,23,27). The lowest BCUT2D eigenvalue weighted by molar-refractivity contribution is -0.119. The Bertz CT molecular complexity index is 1260. The van der Waals surface area contributed by atoms with Gasteiger partial charge in [0, 0.05) is 10.6 Å². The van der Waals surface area contributed by atoms with E-state index in [2.05, 4.69) is 15.6 Å². The minimum atomic E-state index is -0.792. The summed E-state index contributed by atoms with van der Waals surface area (Å²) in [6, 6.07) is 16.7. The number of fused-ring (bicyclic) bond motifs is 1. The number of carbonyl (C=O) groups excluding carboxylic acids is 1. The van der Waals surface area contributed by atoms with Crippen LogP contribution in [0.5, 0.6) is 0 Å². The predicted octanol–water partition coefficient (Wildman–Crippen LogP) is 4.34. The molecule has 0 aliphatic carbocycles. The number of thiophene rings is 1. The normalized spacial score (nSPS) is 12.1. The van der Waals surface area contributed by atoms with Crippen LogP contribution < -0.4 is 10.9 Å². The maximum atomic E-state index is 13.0. The maximum Gasteiger partial charge on any atom is 0.279 e. The highest BCUT2D eigenvalue weighted by atomic mass is 32.1. The molecule has 0 spiro atoms. The third kappa shape index (κ3) is 3.69. The number of nitrogens with zero attached hydrogens (tertiary/aromatic N) is 3. The number of rotatable bonds is 4. The van der Waals surface area contributed by atoms with Crippen molar-refractivity contribution in [3.05, 3.63) is 76.1 Å². The molecule has 0 saturated heterocycles. The van der Waals surface area contributed by atoms with E-state index in [0.29, 0.717) is 10.2 Å². The van der Waals surface area contributed by atoms with Crippen LogP contribution in [0.2, 0.25) is 0 Å². The van der Waals surface area contributed by atoms with Gasteiger partial charge in [0.25, 0.3) is 5.56 Å². The molecule has 0 aliphatic rings. The Labute approximate surface area is 171 Å². The van der Waals surface area contributed by atoms with Gasteiger partial charge in [0.1, 0.15) is 6.04 Å². The predicted molar refractivity (Wildman–Crippen MR) is 116 cm³/mol. The number of carbonyl (C=O) groups is 1. The summed E-state index contributed by atoms with van der Waals surface area (Å²) in [7, 11) is 0. The molecule has 146 valence electrons. The average molecular weight is 404 g/mol. The fourth-order valence-electron chi connectivity index (χ4n) is 3.08. The van der Waals surface area contributed by atoms with E-state index < -0.39 is 6.04 Å². The van der Waals surface area contributed by atoms with Crippen LogP contribution >= 0.6 is 11.3 Å². The molecular weight excluding hydrogens is 384 g/mol. The number of hydrogen-bond donors (Lipinski definition) is 1. The molecule has 0 bridgehead atoms. The molecule has 2 aromatic carbocycles. The van der Waals surface area contributed by atoms with Crippen LogP contribution in [0.4, 0.5) is 5.69 Å². The van der Waals surface area contributed by atoms with Crippen molar-refractivity contribution in [1.82, 2.24) is 15.0 Å². The zero-order valence-corrected chi connectivity index (χ0v) is 17.2. The number of amides is 1. The summed E-state index contributed by atoms with van der Waals surface area (Å²) in [5, 5.41) is 11.6. The fraction of sp³-hybridized carbons (Fsp3) is 0.182. The Balaban J connectivity index is 1.66. The zero-order chi connectivity index (χ0) is 20.5. The van der Waals surface area contributed by atoms with Crippen LogP contribution in [0.25, 0.3) is 20.7 Å². The molecule has 1 unspecified atom stereocenters. The lowest BCUT2D eigenvalue weighted by Gasteiger charge is -2.15. The van der Waals surface area contributed by atoms with Crippen molar-refractivity contribution in [2.75, 3.05) is 5.32 Å². The molecule has 2 aromatic heterocycles. The van der Waals surface area contributed by atoms with E-state index in [0.717, 1.165) is 31.9 Å². The number of anilines is 1. The smallest absolute Gasteiger partial charge is 0.279 e. The van der Waals surface area contributed by atoms with E-state index in [1.807, 2.05) is 68.4 Å². The van der Waals surface area contributed by atoms with Crippen LogP contribution in [-0.2, 0) is 4.79 Å². The molecule has 1 amide bonds. The van der Waals surface area contributed by atoms with Crippen molar-refractivity contribution in [3.8, 4) is 10.4 Å². The lowest BCUT2D eigenvalue weighted by atomic mass is 10.1. The van der Waals surface area contributed by atoms with Gasteiger partial charge in [0.05, 0.1) is 5.39 Å². The van der Waals surface area contributed by atoms with Gasteiger partial charge in [0.2, 0.25) is 5.91 Å². The van der Waals surface area contributed by atoms with Crippen molar-refractivity contribution in [1.29, 1.82) is 0 Å². The molecule has 7 heteroatoms. The van der Waals surface area contributed by atoms with Crippen molar-refractivity contribution in [2.24, 2.45) is 0 Å². The summed E-state index contributed by atoms with van der Waals surface area (Å²) in [5.41, 5.74) is 3.42. The van der Waals surface area contributed by atoms with Crippen molar-refractivity contribution >= 4 is 33.1 Å². The highest BCUT2D eigenvalue weighted by Crippen LogP contribution is 2.30. The summed E-state index contributed by atoms with van der Waals surface area (Å²) in [5.74, 6) is -0.312. The first-order valence-corrected chi connectivity index (χ1v) is 10.1. The van der Waals surface area contributed by atoms with Crippen molar-refractivity contribution in [2.45, 2.75) is 26.8 Å². The number of aryl methyl sites for hydroxylation is 2. The number of aromatic nitrogens is 3. The largest absolute Gasteiger partial charge is 0.324 e. The summed E-state index contributed by atoms with van der Waals surface area (Å²) in [6.07, 6.45) is 0. The summed E-state index contributed by atoms with van der Waals surface area (Å²) in [6.45, 7) is 5.53. The summed E-state index contributed by atoms with van der Waals surface area (Å²) in [4.78, 5) is 27.2. The molecule has 2 heterocycles. The van der Waals surface area contributed by atoms with Crippen molar-refractivity contribution in [3.63, 3.8) is 0 Å². The third-order valence-corrected chi connectivity index (χ3v) is 5.91. The fourth-order valence-corrected chi connectivity index (χ4v) is 4.05. The maximum absolute atomic E-state index is 13.0. The second-order valence-electron chi connectivity index (χ2n) is 7.02. The number of benzene rings is 2. The molecule has 1 atom stereocenters. The second kappa shape index (κ2) is 7.60. The minimum absolute atomic E-state index is 0.312. The SMILES string of the molecule is Cc1ccc(C)c(NC(=O)C(C)n2nnc3sc(-c4ccccc4)cc3c2=O)c1. The third-order valence-electron chi connectivity index (χ3n) is 4.84. The van der Waals surface area contributed by atoms with Crippen LogP contribution in [0, 0.1) is 13.8 Å². The monoisotopic (exact) mass is 404 g/mol. The molecule has 0 aliphatic heterocycles. The first-order valence-electron chi connectivity index (χ1n) is 9.26. The molecule has 4 rings (SSSR count).